The number of hydrogen-bond acceptors (Lipinski definition) is 3. The lowest BCUT2D eigenvalue weighted by atomic mass is 10.2. The van der Waals surface area contributed by atoms with E-state index in [4.69, 9.17) is 5.26 Å². The molecule has 1 heterocycles. The van der Waals surface area contributed by atoms with Gasteiger partial charge in [0, 0.05) is 13.1 Å². The first kappa shape index (κ1) is 14.6. The predicted molar refractivity (Wildman–Crippen MR) is 67.3 cm³/mol. The summed E-state index contributed by atoms with van der Waals surface area (Å²) in [6, 6.07) is 8.72. The molecule has 1 amide bonds. The lowest BCUT2D eigenvalue weighted by Crippen LogP contribution is -2.16. The van der Waals surface area contributed by atoms with Gasteiger partial charge in [-0.15, -0.1) is 0 Å². The Morgan fingerprint density at radius 1 is 1.38 bits per heavy atom. The van der Waals surface area contributed by atoms with Gasteiger partial charge in [-0.25, -0.2) is 0 Å². The Kier molecular flexibility index (Phi) is 3.67. The van der Waals surface area contributed by atoms with E-state index < -0.39 is 17.8 Å². The molecule has 5 nitrogen and oxygen atoms in total. The number of carbonyl (C=O) groups is 1. The van der Waals surface area contributed by atoms with Gasteiger partial charge in [-0.3, -0.25) is 9.48 Å². The SMILES string of the molecule is Cn1nc(C(F)(F)F)cc1C(=O)Nc1ccccc1C#N. The second kappa shape index (κ2) is 5.28. The number of benzene rings is 1. The monoisotopic (exact) mass is 294 g/mol. The zero-order valence-corrected chi connectivity index (χ0v) is 10.8. The number of nitrogens with zero attached hydrogens (tertiary/aromatic N) is 3. The molecule has 21 heavy (non-hydrogen) atoms. The molecule has 0 aliphatic carbocycles. The maximum Gasteiger partial charge on any atom is 0.435 e. The van der Waals surface area contributed by atoms with Crippen LogP contribution in [0.25, 0.3) is 0 Å². The van der Waals surface area contributed by atoms with Crippen molar-refractivity contribution in [3.05, 3.63) is 47.3 Å². The highest BCUT2D eigenvalue weighted by Crippen LogP contribution is 2.28. The van der Waals surface area contributed by atoms with Crippen molar-refractivity contribution in [2.24, 2.45) is 7.05 Å². The van der Waals surface area contributed by atoms with Crippen LogP contribution < -0.4 is 5.32 Å². The highest BCUT2D eigenvalue weighted by Gasteiger charge is 2.35. The molecule has 108 valence electrons. The van der Waals surface area contributed by atoms with Crippen molar-refractivity contribution in [3.63, 3.8) is 0 Å². The van der Waals surface area contributed by atoms with Crippen LogP contribution in [0, 0.1) is 11.3 Å². The van der Waals surface area contributed by atoms with Crippen LogP contribution in [0.15, 0.2) is 30.3 Å². The van der Waals surface area contributed by atoms with Crippen molar-refractivity contribution >= 4 is 11.6 Å². The molecule has 1 aromatic carbocycles. The molecule has 0 saturated heterocycles. The van der Waals surface area contributed by atoms with Crippen molar-refractivity contribution in [2.45, 2.75) is 6.18 Å². The molecule has 1 aromatic heterocycles. The zero-order valence-electron chi connectivity index (χ0n) is 10.8. The van der Waals surface area contributed by atoms with E-state index in [1.165, 1.54) is 19.2 Å². The Balaban J connectivity index is 2.30. The van der Waals surface area contributed by atoms with Gasteiger partial charge >= 0.3 is 6.18 Å². The molecule has 2 rings (SSSR count). The van der Waals surface area contributed by atoms with E-state index in [0.717, 1.165) is 4.68 Å². The smallest absolute Gasteiger partial charge is 0.319 e. The van der Waals surface area contributed by atoms with E-state index >= 15 is 0 Å². The third-order valence-corrected chi connectivity index (χ3v) is 2.70. The van der Waals surface area contributed by atoms with E-state index in [9.17, 15) is 18.0 Å². The Morgan fingerprint density at radius 3 is 2.62 bits per heavy atom. The molecule has 8 heteroatoms. The van der Waals surface area contributed by atoms with Crippen LogP contribution in [0.3, 0.4) is 0 Å². The molecule has 0 aliphatic heterocycles. The van der Waals surface area contributed by atoms with Crippen LogP contribution >= 0.6 is 0 Å². The number of nitrogens with one attached hydrogen (secondary N) is 1. The van der Waals surface area contributed by atoms with Crippen molar-refractivity contribution in [1.29, 1.82) is 5.26 Å². The summed E-state index contributed by atoms with van der Waals surface area (Å²) in [5, 5.41) is 14.5. The molecule has 0 atom stereocenters. The quantitative estimate of drug-likeness (QED) is 0.925. The highest BCUT2D eigenvalue weighted by molar-refractivity contribution is 6.03. The fourth-order valence-corrected chi connectivity index (χ4v) is 1.69. The van der Waals surface area contributed by atoms with E-state index in [0.29, 0.717) is 6.07 Å². The van der Waals surface area contributed by atoms with Gasteiger partial charge in [-0.05, 0) is 12.1 Å². The van der Waals surface area contributed by atoms with E-state index in [-0.39, 0.29) is 16.9 Å². The van der Waals surface area contributed by atoms with Gasteiger partial charge in [0.25, 0.3) is 5.91 Å². The Morgan fingerprint density at radius 2 is 2.05 bits per heavy atom. The number of anilines is 1. The minimum absolute atomic E-state index is 0.212. The van der Waals surface area contributed by atoms with E-state index in [1.807, 2.05) is 6.07 Å². The first-order valence-corrected chi connectivity index (χ1v) is 5.74. The highest BCUT2D eigenvalue weighted by atomic mass is 19.4. The summed E-state index contributed by atoms with van der Waals surface area (Å²) >= 11 is 0. The van der Waals surface area contributed by atoms with Gasteiger partial charge in [0.05, 0.1) is 11.3 Å². The molecule has 0 fully saturated rings. The van der Waals surface area contributed by atoms with Crippen LogP contribution in [0.4, 0.5) is 18.9 Å². The number of aromatic nitrogens is 2. The average Bonchev–Trinajstić information content (AvgIpc) is 2.81. The van der Waals surface area contributed by atoms with Gasteiger partial charge in [0.2, 0.25) is 0 Å². The van der Waals surface area contributed by atoms with Crippen molar-refractivity contribution in [2.75, 3.05) is 5.32 Å². The molecule has 2 aromatic rings. The first-order chi connectivity index (χ1) is 9.82. The number of rotatable bonds is 2. The maximum atomic E-state index is 12.5. The number of para-hydroxylation sites is 1. The third-order valence-electron chi connectivity index (χ3n) is 2.70. The third kappa shape index (κ3) is 3.02. The summed E-state index contributed by atoms with van der Waals surface area (Å²) < 4.78 is 38.5. The summed E-state index contributed by atoms with van der Waals surface area (Å²) in [6.07, 6.45) is -4.62. The van der Waals surface area contributed by atoms with Gasteiger partial charge in [-0.2, -0.15) is 23.5 Å². The molecular formula is C13H9F3N4O. The number of hydrogen-bond donors (Lipinski definition) is 1. The second-order valence-corrected chi connectivity index (χ2v) is 4.15. The van der Waals surface area contributed by atoms with Crippen molar-refractivity contribution < 1.29 is 18.0 Å². The van der Waals surface area contributed by atoms with Crippen LogP contribution in [0.5, 0.6) is 0 Å². The Labute approximate surface area is 117 Å². The number of aryl methyl sites for hydroxylation is 1. The summed E-state index contributed by atoms with van der Waals surface area (Å²) in [5.41, 5.74) is -0.970. The number of halogens is 3. The predicted octanol–water partition coefficient (Wildman–Crippen LogP) is 2.56. The standard InChI is InChI=1S/C13H9F3N4O/c1-20-10(6-11(19-20)13(14,15)16)12(21)18-9-5-3-2-4-8(9)7-17/h2-6H,1H3,(H,18,21). The van der Waals surface area contributed by atoms with E-state index in [1.54, 1.807) is 12.1 Å². The summed E-state index contributed by atoms with van der Waals surface area (Å²) in [6.45, 7) is 0. The van der Waals surface area contributed by atoms with Crippen LogP contribution in [-0.2, 0) is 13.2 Å². The van der Waals surface area contributed by atoms with E-state index in [2.05, 4.69) is 10.4 Å². The average molecular weight is 294 g/mol. The van der Waals surface area contributed by atoms with Crippen molar-refractivity contribution in [1.82, 2.24) is 9.78 Å². The topological polar surface area (TPSA) is 70.7 Å². The summed E-state index contributed by atoms with van der Waals surface area (Å²) in [4.78, 5) is 12.0. The molecule has 0 radical (unpaired) electrons. The molecule has 0 bridgehead atoms. The largest absolute Gasteiger partial charge is 0.435 e. The second-order valence-electron chi connectivity index (χ2n) is 4.15. The minimum Gasteiger partial charge on any atom is -0.319 e. The number of amides is 1. The summed E-state index contributed by atoms with van der Waals surface area (Å²) in [5.74, 6) is -0.775. The van der Waals surface area contributed by atoms with Gasteiger partial charge in [-0.1, -0.05) is 12.1 Å². The maximum absolute atomic E-state index is 12.5. The Hall–Kier alpha value is -2.82. The molecular weight excluding hydrogens is 285 g/mol. The van der Waals surface area contributed by atoms with Crippen LogP contribution in [0.1, 0.15) is 21.7 Å². The van der Waals surface area contributed by atoms with Gasteiger partial charge in [0.15, 0.2) is 5.69 Å². The zero-order chi connectivity index (χ0) is 15.6. The minimum atomic E-state index is -4.62. The first-order valence-electron chi connectivity index (χ1n) is 5.74. The Bertz CT molecular complexity index is 728. The lowest BCUT2D eigenvalue weighted by molar-refractivity contribution is -0.141. The van der Waals surface area contributed by atoms with Gasteiger partial charge < -0.3 is 5.32 Å². The molecule has 0 spiro atoms. The normalized spacial score (nSPS) is 11.0. The molecule has 0 unspecified atom stereocenters. The summed E-state index contributed by atoms with van der Waals surface area (Å²) in [7, 11) is 1.24. The lowest BCUT2D eigenvalue weighted by Gasteiger charge is -2.06. The molecule has 1 N–H and O–H groups in total. The van der Waals surface area contributed by atoms with Crippen LogP contribution in [0.2, 0.25) is 0 Å². The number of nitriles is 1. The van der Waals surface area contributed by atoms with Crippen LogP contribution in [-0.4, -0.2) is 15.7 Å². The van der Waals surface area contributed by atoms with Gasteiger partial charge in [0.1, 0.15) is 11.8 Å². The molecule has 0 saturated carbocycles. The fraction of sp³-hybridized carbons (Fsp3) is 0.154. The number of alkyl halides is 3. The fourth-order valence-electron chi connectivity index (χ4n) is 1.69. The molecule has 0 aliphatic rings. The van der Waals surface area contributed by atoms with Crippen molar-refractivity contribution in [3.8, 4) is 6.07 Å². The number of carbonyl (C=O) groups excluding carboxylic acids is 1.